The average molecular weight is 290 g/mol. The van der Waals surface area contributed by atoms with Crippen LogP contribution in [0.15, 0.2) is 30.3 Å². The molecule has 0 atom stereocenters. The zero-order valence-electron chi connectivity index (χ0n) is 12.2. The second-order valence-corrected chi connectivity index (χ2v) is 5.32. The van der Waals surface area contributed by atoms with E-state index in [0.29, 0.717) is 0 Å². The highest BCUT2D eigenvalue weighted by Crippen LogP contribution is 2.24. The van der Waals surface area contributed by atoms with Crippen molar-refractivity contribution in [3.05, 3.63) is 52.8 Å². The van der Waals surface area contributed by atoms with Crippen molar-refractivity contribution in [2.75, 3.05) is 5.88 Å². The largest absolute Gasteiger partial charge is 0.317 e. The summed E-state index contributed by atoms with van der Waals surface area (Å²) >= 11 is 5.69. The third-order valence-electron chi connectivity index (χ3n) is 3.60. The Morgan fingerprint density at radius 1 is 1.25 bits per heavy atom. The third-order valence-corrected chi connectivity index (χ3v) is 3.85. The second-order valence-electron chi connectivity index (χ2n) is 5.06. The summed E-state index contributed by atoms with van der Waals surface area (Å²) in [4.78, 5) is 11.9. The maximum Gasteiger partial charge on any atom is 0.179 e. The van der Waals surface area contributed by atoms with Crippen LogP contribution in [0.3, 0.4) is 0 Å². The van der Waals surface area contributed by atoms with Crippen molar-refractivity contribution in [2.24, 2.45) is 0 Å². The Labute approximate surface area is 125 Å². The number of nitrogens with zero attached hydrogens (tertiary/aromatic N) is 1. The number of rotatable bonds is 5. The monoisotopic (exact) mass is 289 g/mol. The van der Waals surface area contributed by atoms with Gasteiger partial charge in [0.15, 0.2) is 5.78 Å². The molecule has 1 heterocycles. The van der Waals surface area contributed by atoms with Gasteiger partial charge in [-0.2, -0.15) is 0 Å². The van der Waals surface area contributed by atoms with E-state index in [1.54, 1.807) is 0 Å². The van der Waals surface area contributed by atoms with E-state index >= 15 is 0 Å². The van der Waals surface area contributed by atoms with Crippen LogP contribution in [0.2, 0.25) is 0 Å². The molecule has 1 aromatic carbocycles. The van der Waals surface area contributed by atoms with Crippen molar-refractivity contribution in [2.45, 2.75) is 33.6 Å². The Kier molecular flexibility index (Phi) is 4.66. The summed E-state index contributed by atoms with van der Waals surface area (Å²) in [5.74, 6) is 0.0138. The van der Waals surface area contributed by atoms with Gasteiger partial charge in [-0.1, -0.05) is 31.5 Å². The third kappa shape index (κ3) is 2.66. The fourth-order valence-corrected chi connectivity index (χ4v) is 2.84. The molecular weight excluding hydrogens is 270 g/mol. The molecule has 0 aliphatic heterocycles. The first kappa shape index (κ1) is 14.9. The highest BCUT2D eigenvalue weighted by atomic mass is 35.5. The molecule has 2 rings (SSSR count). The molecule has 0 saturated carbocycles. The molecule has 2 nitrogen and oxygen atoms in total. The predicted molar refractivity (Wildman–Crippen MR) is 84.3 cm³/mol. The first-order chi connectivity index (χ1) is 9.60. The van der Waals surface area contributed by atoms with Crippen LogP contribution in [-0.4, -0.2) is 16.2 Å². The van der Waals surface area contributed by atoms with Crippen LogP contribution >= 0.6 is 11.6 Å². The summed E-state index contributed by atoms with van der Waals surface area (Å²) in [7, 11) is 0. The molecular formula is C17H20ClNO. The molecule has 0 N–H and O–H groups in total. The number of hydrogen-bond acceptors (Lipinski definition) is 1. The number of ketones is 1. The number of Topliss-reactive ketones (excluding diaryl/α,β-unsaturated/α-hetero) is 1. The number of benzene rings is 1. The summed E-state index contributed by atoms with van der Waals surface area (Å²) in [6.07, 6.45) is 2.13. The van der Waals surface area contributed by atoms with Gasteiger partial charge in [0.05, 0.1) is 5.88 Å². The van der Waals surface area contributed by atoms with E-state index in [2.05, 4.69) is 29.7 Å². The van der Waals surface area contributed by atoms with E-state index in [1.807, 2.05) is 26.0 Å². The number of hydrogen-bond donors (Lipinski definition) is 0. The Morgan fingerprint density at radius 2 is 1.95 bits per heavy atom. The van der Waals surface area contributed by atoms with E-state index in [0.717, 1.165) is 35.5 Å². The molecule has 3 heteroatoms. The zero-order chi connectivity index (χ0) is 14.7. The van der Waals surface area contributed by atoms with Gasteiger partial charge >= 0.3 is 0 Å². The molecule has 0 saturated heterocycles. The van der Waals surface area contributed by atoms with Crippen LogP contribution in [0.1, 0.15) is 40.7 Å². The molecule has 0 aliphatic rings. The Hall–Kier alpha value is -1.54. The highest BCUT2D eigenvalue weighted by molar-refractivity contribution is 6.30. The number of aryl methyl sites for hydroxylation is 2. The maximum absolute atomic E-state index is 11.9. The number of halogens is 1. The van der Waals surface area contributed by atoms with Crippen molar-refractivity contribution in [3.8, 4) is 5.69 Å². The number of para-hydroxylation sites is 1. The molecule has 0 bridgehead atoms. The number of carbonyl (C=O) groups excluding carboxylic acids is 1. The van der Waals surface area contributed by atoms with E-state index in [1.165, 1.54) is 5.56 Å². The van der Waals surface area contributed by atoms with Gasteiger partial charge in [-0.05, 0) is 38.0 Å². The molecule has 0 unspecified atom stereocenters. The van der Waals surface area contributed by atoms with Crippen molar-refractivity contribution < 1.29 is 4.79 Å². The number of carbonyl (C=O) groups is 1. The SMILES string of the molecule is CCCc1ccccc1-n1c(C)cc(C(=O)CCl)c1C. The van der Waals surface area contributed by atoms with Crippen LogP contribution in [0.5, 0.6) is 0 Å². The zero-order valence-corrected chi connectivity index (χ0v) is 13.0. The number of alkyl halides is 1. The molecule has 106 valence electrons. The summed E-state index contributed by atoms with van der Waals surface area (Å²) in [5, 5.41) is 0. The minimum Gasteiger partial charge on any atom is -0.317 e. The summed E-state index contributed by atoms with van der Waals surface area (Å²) in [5.41, 5.74) is 5.24. The average Bonchev–Trinajstić information content (AvgIpc) is 2.74. The van der Waals surface area contributed by atoms with Crippen molar-refractivity contribution in [1.82, 2.24) is 4.57 Å². The minimum atomic E-state index is -0.0148. The number of aromatic nitrogens is 1. The van der Waals surface area contributed by atoms with E-state index < -0.39 is 0 Å². The molecule has 20 heavy (non-hydrogen) atoms. The minimum absolute atomic E-state index is 0.0148. The van der Waals surface area contributed by atoms with Crippen LogP contribution in [0, 0.1) is 13.8 Å². The lowest BCUT2D eigenvalue weighted by molar-refractivity contribution is 0.102. The summed E-state index contributed by atoms with van der Waals surface area (Å²) in [6.45, 7) is 6.19. The molecule has 0 fully saturated rings. The van der Waals surface area contributed by atoms with Gasteiger partial charge in [-0.15, -0.1) is 11.6 Å². The lowest BCUT2D eigenvalue weighted by atomic mass is 10.1. The first-order valence-corrected chi connectivity index (χ1v) is 7.50. The Morgan fingerprint density at radius 3 is 2.60 bits per heavy atom. The standard InChI is InChI=1S/C17H20ClNO/c1-4-7-14-8-5-6-9-16(14)19-12(2)10-15(13(19)3)17(20)11-18/h5-6,8-10H,4,7,11H2,1-3H3. The molecule has 0 amide bonds. The van der Waals surface area contributed by atoms with Gasteiger partial charge in [-0.3, -0.25) is 4.79 Å². The Balaban J connectivity index is 2.59. The lowest BCUT2D eigenvalue weighted by Gasteiger charge is -2.14. The molecule has 0 aliphatic carbocycles. The van der Waals surface area contributed by atoms with Crippen LogP contribution in [-0.2, 0) is 6.42 Å². The topological polar surface area (TPSA) is 22.0 Å². The maximum atomic E-state index is 11.9. The van der Waals surface area contributed by atoms with Gasteiger partial charge < -0.3 is 4.57 Å². The van der Waals surface area contributed by atoms with Crippen LogP contribution in [0.4, 0.5) is 0 Å². The lowest BCUT2D eigenvalue weighted by Crippen LogP contribution is -2.06. The van der Waals surface area contributed by atoms with Gasteiger partial charge in [-0.25, -0.2) is 0 Å². The van der Waals surface area contributed by atoms with Crippen molar-refractivity contribution >= 4 is 17.4 Å². The van der Waals surface area contributed by atoms with Crippen molar-refractivity contribution in [3.63, 3.8) is 0 Å². The quantitative estimate of drug-likeness (QED) is 0.588. The molecule has 1 aromatic heterocycles. The predicted octanol–water partition coefficient (Wildman–Crippen LogP) is 4.47. The molecule has 0 radical (unpaired) electrons. The van der Waals surface area contributed by atoms with E-state index in [4.69, 9.17) is 11.6 Å². The Bertz CT molecular complexity index is 628. The summed E-state index contributed by atoms with van der Waals surface area (Å²) < 4.78 is 2.16. The van der Waals surface area contributed by atoms with Gasteiger partial charge in [0, 0.05) is 22.6 Å². The smallest absolute Gasteiger partial charge is 0.179 e. The highest BCUT2D eigenvalue weighted by Gasteiger charge is 2.17. The van der Waals surface area contributed by atoms with Gasteiger partial charge in [0.1, 0.15) is 0 Å². The summed E-state index contributed by atoms with van der Waals surface area (Å²) in [6, 6.07) is 10.3. The fourth-order valence-electron chi connectivity index (χ4n) is 2.70. The van der Waals surface area contributed by atoms with Crippen LogP contribution < -0.4 is 0 Å². The first-order valence-electron chi connectivity index (χ1n) is 6.96. The fraction of sp³-hybridized carbons (Fsp3) is 0.353. The second kappa shape index (κ2) is 6.27. The van der Waals surface area contributed by atoms with Gasteiger partial charge in [0.2, 0.25) is 0 Å². The van der Waals surface area contributed by atoms with E-state index in [9.17, 15) is 4.79 Å². The van der Waals surface area contributed by atoms with Gasteiger partial charge in [0.25, 0.3) is 0 Å². The van der Waals surface area contributed by atoms with Crippen LogP contribution in [0.25, 0.3) is 5.69 Å². The molecule has 2 aromatic rings. The van der Waals surface area contributed by atoms with E-state index in [-0.39, 0.29) is 11.7 Å². The molecule has 0 spiro atoms. The van der Waals surface area contributed by atoms with Crippen molar-refractivity contribution in [1.29, 1.82) is 0 Å². The normalized spacial score (nSPS) is 10.8.